The lowest BCUT2D eigenvalue weighted by Gasteiger charge is -2.35. The highest BCUT2D eigenvalue weighted by Gasteiger charge is 2.24. The molecule has 0 unspecified atom stereocenters. The van der Waals surface area contributed by atoms with Crippen molar-refractivity contribution >= 4 is 16.5 Å². The Kier molecular flexibility index (Phi) is 5.49. The molecule has 0 aliphatic carbocycles. The fourth-order valence-corrected chi connectivity index (χ4v) is 3.03. The van der Waals surface area contributed by atoms with Crippen molar-refractivity contribution in [2.45, 2.75) is 39.4 Å². The third-order valence-corrected chi connectivity index (χ3v) is 4.53. The third kappa shape index (κ3) is 4.59. The number of benzene rings is 1. The standard InChI is InChI=1S/C17H25N3O2S/c1-17(2,3)20(11-14-9-19-16(18)23-14)10-12-8-13(21-4)6-7-15(12)22-5/h6-9H,10-11H2,1-5H3,(H2,18,19). The first-order chi connectivity index (χ1) is 10.8. The summed E-state index contributed by atoms with van der Waals surface area (Å²) >= 11 is 1.53. The molecule has 0 aliphatic heterocycles. The number of ether oxygens (including phenoxy) is 2. The molecule has 5 nitrogen and oxygen atoms in total. The van der Waals surface area contributed by atoms with Crippen molar-refractivity contribution in [2.24, 2.45) is 0 Å². The van der Waals surface area contributed by atoms with Crippen LogP contribution in [0, 0.1) is 0 Å². The van der Waals surface area contributed by atoms with Crippen molar-refractivity contribution in [3.8, 4) is 11.5 Å². The van der Waals surface area contributed by atoms with E-state index in [1.54, 1.807) is 14.2 Å². The quantitative estimate of drug-likeness (QED) is 0.875. The zero-order valence-electron chi connectivity index (χ0n) is 14.4. The van der Waals surface area contributed by atoms with Crippen LogP contribution in [0.5, 0.6) is 11.5 Å². The van der Waals surface area contributed by atoms with Gasteiger partial charge >= 0.3 is 0 Å². The summed E-state index contributed by atoms with van der Waals surface area (Å²) in [5, 5.41) is 0.604. The van der Waals surface area contributed by atoms with E-state index in [0.717, 1.165) is 35.0 Å². The first kappa shape index (κ1) is 17.6. The van der Waals surface area contributed by atoms with E-state index in [1.165, 1.54) is 11.3 Å². The number of hydrogen-bond acceptors (Lipinski definition) is 6. The van der Waals surface area contributed by atoms with E-state index in [1.807, 2.05) is 24.4 Å². The Hall–Kier alpha value is -1.79. The maximum atomic E-state index is 5.75. The molecule has 0 spiro atoms. The predicted molar refractivity (Wildman–Crippen MR) is 95.1 cm³/mol. The summed E-state index contributed by atoms with van der Waals surface area (Å²) in [5.74, 6) is 1.69. The van der Waals surface area contributed by atoms with Crippen LogP contribution in [-0.2, 0) is 13.1 Å². The molecule has 0 aliphatic rings. The molecular formula is C17H25N3O2S. The Morgan fingerprint density at radius 1 is 1.17 bits per heavy atom. The van der Waals surface area contributed by atoms with Crippen LogP contribution in [0.2, 0.25) is 0 Å². The summed E-state index contributed by atoms with van der Waals surface area (Å²) in [6.07, 6.45) is 1.85. The molecule has 6 heteroatoms. The number of anilines is 1. The van der Waals surface area contributed by atoms with Crippen molar-refractivity contribution in [3.63, 3.8) is 0 Å². The van der Waals surface area contributed by atoms with Crippen LogP contribution in [-0.4, -0.2) is 29.6 Å². The molecule has 0 bridgehead atoms. The molecule has 0 fully saturated rings. The van der Waals surface area contributed by atoms with Crippen molar-refractivity contribution in [1.82, 2.24) is 9.88 Å². The molecule has 0 atom stereocenters. The fourth-order valence-electron chi connectivity index (χ4n) is 2.33. The molecule has 0 radical (unpaired) electrons. The molecule has 2 N–H and O–H groups in total. The first-order valence-electron chi connectivity index (χ1n) is 7.49. The van der Waals surface area contributed by atoms with E-state index in [9.17, 15) is 0 Å². The van der Waals surface area contributed by atoms with E-state index in [2.05, 4.69) is 30.7 Å². The van der Waals surface area contributed by atoms with E-state index < -0.39 is 0 Å². The second kappa shape index (κ2) is 7.19. The van der Waals surface area contributed by atoms with Gasteiger partial charge in [0.15, 0.2) is 5.13 Å². The Labute approximate surface area is 142 Å². The molecule has 23 heavy (non-hydrogen) atoms. The van der Waals surface area contributed by atoms with Crippen molar-refractivity contribution in [1.29, 1.82) is 0 Å². The highest BCUT2D eigenvalue weighted by Crippen LogP contribution is 2.29. The summed E-state index contributed by atoms with van der Waals surface area (Å²) in [6.45, 7) is 8.14. The van der Waals surface area contributed by atoms with Gasteiger partial charge in [-0.05, 0) is 39.0 Å². The van der Waals surface area contributed by atoms with Gasteiger partial charge in [0.25, 0.3) is 0 Å². The molecule has 1 aromatic carbocycles. The summed E-state index contributed by atoms with van der Waals surface area (Å²) in [4.78, 5) is 7.67. The zero-order chi connectivity index (χ0) is 17.0. The second-order valence-electron chi connectivity index (χ2n) is 6.37. The lowest BCUT2D eigenvalue weighted by Crippen LogP contribution is -2.40. The lowest BCUT2D eigenvalue weighted by molar-refractivity contribution is 0.118. The molecule has 2 rings (SSSR count). The van der Waals surface area contributed by atoms with Crippen LogP contribution in [0.3, 0.4) is 0 Å². The smallest absolute Gasteiger partial charge is 0.180 e. The SMILES string of the molecule is COc1ccc(OC)c(CN(Cc2cnc(N)s2)C(C)(C)C)c1. The molecule has 1 aromatic heterocycles. The van der Waals surface area contributed by atoms with Crippen LogP contribution >= 0.6 is 11.3 Å². The largest absolute Gasteiger partial charge is 0.497 e. The fraction of sp³-hybridized carbons (Fsp3) is 0.471. The van der Waals surface area contributed by atoms with Crippen LogP contribution in [0.25, 0.3) is 0 Å². The van der Waals surface area contributed by atoms with Gasteiger partial charge in [0, 0.05) is 35.3 Å². The molecule has 0 saturated heterocycles. The Morgan fingerprint density at radius 3 is 2.43 bits per heavy atom. The van der Waals surface area contributed by atoms with E-state index in [-0.39, 0.29) is 5.54 Å². The minimum absolute atomic E-state index is 0.00710. The molecule has 126 valence electrons. The minimum atomic E-state index is -0.00710. The highest BCUT2D eigenvalue weighted by atomic mass is 32.1. The Morgan fingerprint density at radius 2 is 1.91 bits per heavy atom. The van der Waals surface area contributed by atoms with Crippen LogP contribution in [0.15, 0.2) is 24.4 Å². The van der Waals surface area contributed by atoms with Crippen LogP contribution in [0.4, 0.5) is 5.13 Å². The number of aromatic nitrogens is 1. The van der Waals surface area contributed by atoms with Gasteiger partial charge in [0.2, 0.25) is 0 Å². The van der Waals surface area contributed by atoms with E-state index >= 15 is 0 Å². The molecule has 0 amide bonds. The number of rotatable bonds is 6. The van der Waals surface area contributed by atoms with Gasteiger partial charge in [0.1, 0.15) is 11.5 Å². The number of thiazole rings is 1. The minimum Gasteiger partial charge on any atom is -0.497 e. The summed E-state index contributed by atoms with van der Waals surface area (Å²) in [7, 11) is 3.36. The topological polar surface area (TPSA) is 60.6 Å². The van der Waals surface area contributed by atoms with Gasteiger partial charge in [0.05, 0.1) is 14.2 Å². The normalized spacial score (nSPS) is 11.7. The number of nitrogens with two attached hydrogens (primary N) is 1. The lowest BCUT2D eigenvalue weighted by atomic mass is 10.0. The summed E-state index contributed by atoms with van der Waals surface area (Å²) in [6, 6.07) is 5.88. The average molecular weight is 335 g/mol. The Balaban J connectivity index is 2.27. The number of nitrogens with zero attached hydrogens (tertiary/aromatic N) is 2. The van der Waals surface area contributed by atoms with Gasteiger partial charge in [-0.15, -0.1) is 11.3 Å². The van der Waals surface area contributed by atoms with Crippen molar-refractivity contribution in [2.75, 3.05) is 20.0 Å². The maximum Gasteiger partial charge on any atom is 0.180 e. The van der Waals surface area contributed by atoms with Gasteiger partial charge in [-0.2, -0.15) is 0 Å². The molecule has 2 aromatic rings. The van der Waals surface area contributed by atoms with Crippen LogP contribution < -0.4 is 15.2 Å². The molecule has 0 saturated carbocycles. The van der Waals surface area contributed by atoms with Gasteiger partial charge < -0.3 is 15.2 Å². The second-order valence-corrected chi connectivity index (χ2v) is 7.52. The zero-order valence-corrected chi connectivity index (χ0v) is 15.2. The van der Waals surface area contributed by atoms with Crippen molar-refractivity contribution in [3.05, 3.63) is 34.8 Å². The van der Waals surface area contributed by atoms with E-state index in [0.29, 0.717) is 5.13 Å². The molecule has 1 heterocycles. The van der Waals surface area contributed by atoms with Crippen LogP contribution in [0.1, 0.15) is 31.2 Å². The highest BCUT2D eigenvalue weighted by molar-refractivity contribution is 7.15. The summed E-state index contributed by atoms with van der Waals surface area (Å²) in [5.41, 5.74) is 6.84. The number of hydrogen-bond donors (Lipinski definition) is 1. The summed E-state index contributed by atoms with van der Waals surface area (Å²) < 4.78 is 10.8. The first-order valence-corrected chi connectivity index (χ1v) is 8.31. The van der Waals surface area contributed by atoms with Crippen molar-refractivity contribution < 1.29 is 9.47 Å². The molecular weight excluding hydrogens is 310 g/mol. The Bertz CT molecular complexity index is 650. The predicted octanol–water partition coefficient (Wildman–Crippen LogP) is 3.54. The van der Waals surface area contributed by atoms with E-state index in [4.69, 9.17) is 15.2 Å². The number of nitrogen functional groups attached to an aromatic ring is 1. The van der Waals surface area contributed by atoms with Gasteiger partial charge in [-0.3, -0.25) is 4.90 Å². The monoisotopic (exact) mass is 335 g/mol. The number of methoxy groups -OCH3 is 2. The third-order valence-electron chi connectivity index (χ3n) is 3.72. The van der Waals surface area contributed by atoms with Gasteiger partial charge in [-0.1, -0.05) is 0 Å². The average Bonchev–Trinajstić information content (AvgIpc) is 2.90. The van der Waals surface area contributed by atoms with Gasteiger partial charge in [-0.25, -0.2) is 4.98 Å². The maximum absolute atomic E-state index is 5.75.